The number of hydrogen-bond donors (Lipinski definition) is 1. The number of sulfonamides is 1. The van der Waals surface area contributed by atoms with Crippen molar-refractivity contribution in [2.75, 3.05) is 13.6 Å². The van der Waals surface area contributed by atoms with Crippen LogP contribution in [0.5, 0.6) is 0 Å². The van der Waals surface area contributed by atoms with E-state index in [1.165, 1.54) is 6.07 Å². The van der Waals surface area contributed by atoms with Crippen molar-refractivity contribution in [3.8, 4) is 0 Å². The fourth-order valence-corrected chi connectivity index (χ4v) is 2.94. The Balaban J connectivity index is 3.12. The summed E-state index contributed by atoms with van der Waals surface area (Å²) in [5.41, 5.74) is 6.74. The van der Waals surface area contributed by atoms with E-state index in [1.807, 2.05) is 0 Å². The minimum Gasteiger partial charge on any atom is -0.326 e. The maximum absolute atomic E-state index is 12.2. The first-order valence-electron chi connectivity index (χ1n) is 5.33. The van der Waals surface area contributed by atoms with E-state index in [0.717, 1.165) is 12.6 Å². The predicted molar refractivity (Wildman–Crippen MR) is 64.9 cm³/mol. The molecular formula is C11H16F2N2O2S. The van der Waals surface area contributed by atoms with Gasteiger partial charge in [0.15, 0.2) is 0 Å². The molecule has 7 heteroatoms. The molecule has 1 aromatic rings. The lowest BCUT2D eigenvalue weighted by Crippen LogP contribution is -2.31. The lowest BCUT2D eigenvalue weighted by Gasteiger charge is -2.18. The van der Waals surface area contributed by atoms with E-state index in [2.05, 4.69) is 0 Å². The summed E-state index contributed by atoms with van der Waals surface area (Å²) in [6.45, 7) is 1.09. The van der Waals surface area contributed by atoms with Gasteiger partial charge in [-0.3, -0.25) is 0 Å². The summed E-state index contributed by atoms with van der Waals surface area (Å²) < 4.78 is 49.2. The van der Waals surface area contributed by atoms with Gasteiger partial charge in [0.1, 0.15) is 0 Å². The third kappa shape index (κ3) is 3.24. The molecule has 4 nitrogen and oxygen atoms in total. The zero-order valence-corrected chi connectivity index (χ0v) is 11.0. The lowest BCUT2D eigenvalue weighted by molar-refractivity contribution is 0.126. The van der Waals surface area contributed by atoms with Crippen molar-refractivity contribution in [3.63, 3.8) is 0 Å². The van der Waals surface area contributed by atoms with Gasteiger partial charge in [-0.25, -0.2) is 17.2 Å². The van der Waals surface area contributed by atoms with Crippen LogP contribution in [0.1, 0.15) is 11.1 Å². The summed E-state index contributed by atoms with van der Waals surface area (Å²) in [6.07, 6.45) is -2.70. The topological polar surface area (TPSA) is 63.4 Å². The smallest absolute Gasteiger partial charge is 0.252 e. The quantitative estimate of drug-likeness (QED) is 0.884. The van der Waals surface area contributed by atoms with Gasteiger partial charge in [-0.1, -0.05) is 12.1 Å². The van der Waals surface area contributed by atoms with Gasteiger partial charge in [-0.05, 0) is 24.1 Å². The van der Waals surface area contributed by atoms with Crippen molar-refractivity contribution < 1.29 is 17.2 Å². The second-order valence-electron chi connectivity index (χ2n) is 3.98. The van der Waals surface area contributed by atoms with E-state index in [9.17, 15) is 17.2 Å². The Labute approximate surface area is 105 Å². The SMILES string of the molecule is Cc1cc(CN)ccc1S(=O)(=O)N(C)CC(F)F. The van der Waals surface area contributed by atoms with Crippen LogP contribution in [0, 0.1) is 6.92 Å². The number of halogens is 2. The summed E-state index contributed by atoms with van der Waals surface area (Å²) in [4.78, 5) is 0.0304. The highest BCUT2D eigenvalue weighted by Gasteiger charge is 2.25. The molecule has 0 saturated heterocycles. The van der Waals surface area contributed by atoms with Crippen molar-refractivity contribution in [3.05, 3.63) is 29.3 Å². The molecule has 1 rings (SSSR count). The largest absolute Gasteiger partial charge is 0.326 e. The fourth-order valence-electron chi connectivity index (χ4n) is 1.59. The molecule has 0 atom stereocenters. The predicted octanol–water partition coefficient (Wildman–Crippen LogP) is 1.34. The van der Waals surface area contributed by atoms with E-state index >= 15 is 0 Å². The number of benzene rings is 1. The van der Waals surface area contributed by atoms with Crippen LogP contribution < -0.4 is 5.73 Å². The molecule has 1 aromatic carbocycles. The van der Waals surface area contributed by atoms with Crippen LogP contribution in [0.3, 0.4) is 0 Å². The maximum Gasteiger partial charge on any atom is 0.252 e. The van der Waals surface area contributed by atoms with Gasteiger partial charge in [-0.2, -0.15) is 4.31 Å². The molecular weight excluding hydrogens is 262 g/mol. The molecule has 0 amide bonds. The van der Waals surface area contributed by atoms with Crippen molar-refractivity contribution >= 4 is 10.0 Å². The Morgan fingerprint density at radius 3 is 2.44 bits per heavy atom. The molecule has 0 spiro atoms. The second kappa shape index (κ2) is 5.73. The molecule has 0 aliphatic heterocycles. The molecule has 0 aromatic heterocycles. The summed E-state index contributed by atoms with van der Waals surface area (Å²) in [7, 11) is -2.74. The lowest BCUT2D eigenvalue weighted by atomic mass is 10.1. The maximum atomic E-state index is 12.2. The second-order valence-corrected chi connectivity index (χ2v) is 5.99. The molecule has 0 fully saturated rings. The molecule has 0 heterocycles. The third-order valence-electron chi connectivity index (χ3n) is 2.56. The average molecular weight is 278 g/mol. The number of nitrogens with zero attached hydrogens (tertiary/aromatic N) is 1. The molecule has 0 saturated carbocycles. The number of nitrogens with two attached hydrogens (primary N) is 1. The van der Waals surface area contributed by atoms with Gasteiger partial charge in [-0.15, -0.1) is 0 Å². The van der Waals surface area contributed by atoms with Crippen molar-refractivity contribution in [2.45, 2.75) is 24.8 Å². The zero-order chi connectivity index (χ0) is 13.9. The van der Waals surface area contributed by atoms with Crippen LogP contribution in [0.15, 0.2) is 23.1 Å². The highest BCUT2D eigenvalue weighted by atomic mass is 32.2. The summed E-state index contributed by atoms with van der Waals surface area (Å²) >= 11 is 0. The van der Waals surface area contributed by atoms with Crippen LogP contribution in [-0.4, -0.2) is 32.7 Å². The van der Waals surface area contributed by atoms with E-state index < -0.39 is 23.0 Å². The van der Waals surface area contributed by atoms with E-state index in [1.54, 1.807) is 19.1 Å². The summed E-state index contributed by atoms with van der Waals surface area (Å²) in [6, 6.07) is 4.62. The Kier molecular flexibility index (Phi) is 4.78. The first-order chi connectivity index (χ1) is 8.28. The van der Waals surface area contributed by atoms with Crippen LogP contribution in [0.4, 0.5) is 8.78 Å². The van der Waals surface area contributed by atoms with Crippen LogP contribution in [-0.2, 0) is 16.6 Å². The van der Waals surface area contributed by atoms with Gasteiger partial charge >= 0.3 is 0 Å². The Hall–Kier alpha value is -1.05. The summed E-state index contributed by atoms with van der Waals surface area (Å²) in [5.74, 6) is 0. The highest BCUT2D eigenvalue weighted by Crippen LogP contribution is 2.20. The van der Waals surface area contributed by atoms with Crippen LogP contribution in [0.2, 0.25) is 0 Å². The molecule has 0 aliphatic carbocycles. The number of alkyl halides is 2. The molecule has 0 aliphatic rings. The zero-order valence-electron chi connectivity index (χ0n) is 10.2. The standard InChI is InChI=1S/C11H16F2N2O2S/c1-8-5-9(6-14)3-4-10(8)18(16,17)15(2)7-11(12)13/h3-5,11H,6-7,14H2,1-2H3. The van der Waals surface area contributed by atoms with Gasteiger partial charge in [0.05, 0.1) is 11.4 Å². The monoisotopic (exact) mass is 278 g/mol. The van der Waals surface area contributed by atoms with Crippen LogP contribution in [0.25, 0.3) is 0 Å². The van der Waals surface area contributed by atoms with E-state index in [-0.39, 0.29) is 4.90 Å². The summed E-state index contributed by atoms with van der Waals surface area (Å²) in [5, 5.41) is 0. The molecule has 18 heavy (non-hydrogen) atoms. The van der Waals surface area contributed by atoms with Gasteiger partial charge in [0.25, 0.3) is 6.43 Å². The number of aryl methyl sites for hydroxylation is 1. The Bertz CT molecular complexity index is 518. The fraction of sp³-hybridized carbons (Fsp3) is 0.455. The molecule has 0 unspecified atom stereocenters. The minimum absolute atomic E-state index is 0.0304. The average Bonchev–Trinajstić information content (AvgIpc) is 2.27. The van der Waals surface area contributed by atoms with Crippen molar-refractivity contribution in [2.24, 2.45) is 5.73 Å². The number of hydrogen-bond acceptors (Lipinski definition) is 3. The Morgan fingerprint density at radius 2 is 2.00 bits per heavy atom. The van der Waals surface area contributed by atoms with Gasteiger partial charge in [0.2, 0.25) is 10.0 Å². The van der Waals surface area contributed by atoms with Crippen molar-refractivity contribution in [1.82, 2.24) is 4.31 Å². The molecule has 2 N–H and O–H groups in total. The van der Waals surface area contributed by atoms with Crippen LogP contribution >= 0.6 is 0 Å². The number of rotatable bonds is 5. The first kappa shape index (κ1) is 15.0. The highest BCUT2D eigenvalue weighted by molar-refractivity contribution is 7.89. The van der Waals surface area contributed by atoms with E-state index in [0.29, 0.717) is 16.4 Å². The molecule has 102 valence electrons. The van der Waals surface area contributed by atoms with Gasteiger partial charge < -0.3 is 5.73 Å². The van der Waals surface area contributed by atoms with Gasteiger partial charge in [0, 0.05) is 13.6 Å². The molecule has 0 radical (unpaired) electrons. The normalized spacial score (nSPS) is 12.4. The van der Waals surface area contributed by atoms with E-state index in [4.69, 9.17) is 5.73 Å². The van der Waals surface area contributed by atoms with Crippen molar-refractivity contribution in [1.29, 1.82) is 0 Å². The first-order valence-corrected chi connectivity index (χ1v) is 6.77. The Morgan fingerprint density at radius 1 is 1.39 bits per heavy atom. The third-order valence-corrected chi connectivity index (χ3v) is 4.54. The minimum atomic E-state index is -3.88. The molecule has 0 bridgehead atoms.